The third-order valence-electron chi connectivity index (χ3n) is 4.30. The van der Waals surface area contributed by atoms with Crippen LogP contribution in [-0.2, 0) is 31.4 Å². The molecule has 1 saturated heterocycles. The lowest BCUT2D eigenvalue weighted by Gasteiger charge is -2.18. The van der Waals surface area contributed by atoms with Crippen LogP contribution in [0.15, 0.2) is 47.6 Å². The Morgan fingerprint density at radius 1 is 1.31 bits per heavy atom. The first-order valence-electron chi connectivity index (χ1n) is 8.88. The van der Waals surface area contributed by atoms with Gasteiger partial charge in [-0.05, 0) is 36.8 Å². The van der Waals surface area contributed by atoms with Gasteiger partial charge in [-0.25, -0.2) is 25.9 Å². The van der Waals surface area contributed by atoms with E-state index in [0.717, 1.165) is 6.07 Å². The van der Waals surface area contributed by atoms with Crippen LogP contribution >= 0.6 is 0 Å². The highest BCUT2D eigenvalue weighted by Crippen LogP contribution is 2.34. The fourth-order valence-corrected chi connectivity index (χ4v) is 5.95. The number of hydrogen-bond acceptors (Lipinski definition) is 7. The minimum Gasteiger partial charge on any atom is -0.492 e. The molecule has 1 fully saturated rings. The van der Waals surface area contributed by atoms with E-state index < -0.39 is 31.9 Å². The van der Waals surface area contributed by atoms with Crippen molar-refractivity contribution in [3.05, 3.63) is 48.3 Å². The van der Waals surface area contributed by atoms with Crippen molar-refractivity contribution in [2.75, 3.05) is 16.7 Å². The summed E-state index contributed by atoms with van der Waals surface area (Å²) in [7, 11) is -7.93. The van der Waals surface area contributed by atoms with E-state index >= 15 is 0 Å². The topological polar surface area (TPSA) is 123 Å². The Morgan fingerprint density at radius 2 is 2.07 bits per heavy atom. The number of nitrogens with one attached hydrogen (secondary N) is 1. The van der Waals surface area contributed by atoms with Crippen molar-refractivity contribution in [1.82, 2.24) is 9.71 Å². The number of sulfonamides is 2. The lowest BCUT2D eigenvalue weighted by molar-refractivity contribution is -0.119. The van der Waals surface area contributed by atoms with Gasteiger partial charge >= 0.3 is 0 Å². The van der Waals surface area contributed by atoms with E-state index in [1.807, 2.05) is 0 Å². The van der Waals surface area contributed by atoms with Crippen LogP contribution in [-0.4, -0.2) is 40.1 Å². The number of hydrogen-bond donors (Lipinski definition) is 1. The van der Waals surface area contributed by atoms with Gasteiger partial charge < -0.3 is 4.74 Å². The Balaban J connectivity index is 2.00. The van der Waals surface area contributed by atoms with Crippen LogP contribution in [0.4, 0.5) is 5.69 Å². The maximum atomic E-state index is 12.9. The highest BCUT2D eigenvalue weighted by molar-refractivity contribution is 7.94. The second-order valence-corrected chi connectivity index (χ2v) is 10.1. The number of carbonyl (C=O) groups excluding carboxylic acids is 1. The van der Waals surface area contributed by atoms with Gasteiger partial charge in [0.05, 0.1) is 24.0 Å². The number of rotatable bonds is 7. The smallest absolute Gasteiger partial charge is 0.244 e. The Bertz CT molecular complexity index is 1120. The van der Waals surface area contributed by atoms with Crippen LogP contribution in [0.25, 0.3) is 0 Å². The van der Waals surface area contributed by atoms with Gasteiger partial charge in [-0.1, -0.05) is 13.0 Å². The van der Waals surface area contributed by atoms with Crippen LogP contribution in [0.1, 0.15) is 19.4 Å². The van der Waals surface area contributed by atoms with E-state index in [9.17, 15) is 21.6 Å². The third kappa shape index (κ3) is 4.41. The lowest BCUT2D eigenvalue weighted by atomic mass is 10.2. The number of anilines is 1. The van der Waals surface area contributed by atoms with Gasteiger partial charge in [-0.3, -0.25) is 9.78 Å². The molecule has 1 aliphatic rings. The zero-order valence-corrected chi connectivity index (χ0v) is 17.5. The molecule has 11 heteroatoms. The maximum Gasteiger partial charge on any atom is 0.244 e. The second kappa shape index (κ2) is 8.09. The minimum absolute atomic E-state index is 0.00998. The third-order valence-corrected chi connectivity index (χ3v) is 7.59. The van der Waals surface area contributed by atoms with Gasteiger partial charge in [0, 0.05) is 18.9 Å². The van der Waals surface area contributed by atoms with E-state index in [-0.39, 0.29) is 35.2 Å². The molecule has 0 spiro atoms. The Hall–Kier alpha value is -2.50. The lowest BCUT2D eigenvalue weighted by Crippen LogP contribution is -2.31. The monoisotopic (exact) mass is 439 g/mol. The van der Waals surface area contributed by atoms with Crippen LogP contribution in [0, 0.1) is 5.92 Å². The van der Waals surface area contributed by atoms with Gasteiger partial charge in [0.2, 0.25) is 26.0 Å². The molecule has 0 unspecified atom stereocenters. The number of benzene rings is 1. The average Bonchev–Trinajstić information content (AvgIpc) is 2.88. The standard InChI is InChI=1S/C18H21N3O6S2/c1-3-27-16-7-6-15(21-18(22)13(2)12-28(21,23)24)9-17(16)29(25,26)20-11-14-5-4-8-19-10-14/h4-10,13,20H,3,11-12H2,1-2H3/t13-/m1/s1. The molecule has 1 amide bonds. The van der Waals surface area contributed by atoms with Crippen LogP contribution < -0.4 is 13.8 Å². The number of ether oxygens (including phenoxy) is 1. The first-order chi connectivity index (χ1) is 13.7. The molecule has 1 atom stereocenters. The molecule has 1 aromatic heterocycles. The molecule has 156 valence electrons. The molecule has 1 N–H and O–H groups in total. The zero-order valence-electron chi connectivity index (χ0n) is 15.9. The number of nitrogens with zero attached hydrogens (tertiary/aromatic N) is 2. The molecule has 0 saturated carbocycles. The van der Waals surface area contributed by atoms with Gasteiger partial charge in [0.15, 0.2) is 0 Å². The molecule has 3 rings (SSSR count). The Labute approximate surface area is 169 Å². The van der Waals surface area contributed by atoms with Crippen molar-refractivity contribution in [3.8, 4) is 5.75 Å². The Kier molecular flexibility index (Phi) is 5.92. The minimum atomic E-state index is -4.07. The van der Waals surface area contributed by atoms with Crippen molar-refractivity contribution in [1.29, 1.82) is 0 Å². The van der Waals surface area contributed by atoms with Crippen LogP contribution in [0.5, 0.6) is 5.75 Å². The molecular formula is C18H21N3O6S2. The molecule has 1 aliphatic heterocycles. The summed E-state index contributed by atoms with van der Waals surface area (Å²) < 4.78 is 59.1. The molecule has 0 bridgehead atoms. The highest BCUT2D eigenvalue weighted by Gasteiger charge is 2.42. The molecule has 9 nitrogen and oxygen atoms in total. The second-order valence-electron chi connectivity index (χ2n) is 6.53. The molecule has 1 aromatic carbocycles. The first-order valence-corrected chi connectivity index (χ1v) is 12.0. The van der Waals surface area contributed by atoms with Crippen molar-refractivity contribution < 1.29 is 26.4 Å². The van der Waals surface area contributed by atoms with Crippen LogP contribution in [0.3, 0.4) is 0 Å². The van der Waals surface area contributed by atoms with E-state index in [1.54, 1.807) is 25.3 Å². The summed E-state index contributed by atoms with van der Waals surface area (Å²) in [4.78, 5) is 16.0. The van der Waals surface area contributed by atoms with Crippen molar-refractivity contribution >= 4 is 31.6 Å². The molecule has 2 aromatic rings. The predicted molar refractivity (Wildman–Crippen MR) is 106 cm³/mol. The normalized spacial score (nSPS) is 18.8. The van der Waals surface area contributed by atoms with E-state index in [2.05, 4.69) is 9.71 Å². The summed E-state index contributed by atoms with van der Waals surface area (Å²) in [5.41, 5.74) is 0.612. The number of carbonyl (C=O) groups is 1. The molecule has 0 radical (unpaired) electrons. The predicted octanol–water partition coefficient (Wildman–Crippen LogP) is 1.27. The molecule has 2 heterocycles. The van der Waals surface area contributed by atoms with Gasteiger partial charge in [-0.15, -0.1) is 0 Å². The number of amides is 1. The summed E-state index contributed by atoms with van der Waals surface area (Å²) in [5, 5.41) is 0. The summed E-state index contributed by atoms with van der Waals surface area (Å²) in [6.45, 7) is 3.41. The van der Waals surface area contributed by atoms with Gasteiger partial charge in [0.1, 0.15) is 10.6 Å². The fourth-order valence-electron chi connectivity index (χ4n) is 2.95. The number of pyridine rings is 1. The van der Waals surface area contributed by atoms with E-state index in [1.165, 1.54) is 25.3 Å². The average molecular weight is 440 g/mol. The van der Waals surface area contributed by atoms with Gasteiger partial charge in [-0.2, -0.15) is 0 Å². The molecular weight excluding hydrogens is 418 g/mol. The fraction of sp³-hybridized carbons (Fsp3) is 0.333. The summed E-state index contributed by atoms with van der Waals surface area (Å²) in [6.07, 6.45) is 3.10. The zero-order chi connectivity index (χ0) is 21.2. The molecule has 0 aliphatic carbocycles. The summed E-state index contributed by atoms with van der Waals surface area (Å²) >= 11 is 0. The number of aromatic nitrogens is 1. The van der Waals surface area contributed by atoms with Crippen molar-refractivity contribution in [2.45, 2.75) is 25.3 Å². The van der Waals surface area contributed by atoms with Crippen molar-refractivity contribution in [3.63, 3.8) is 0 Å². The maximum absolute atomic E-state index is 12.9. The Morgan fingerprint density at radius 3 is 2.66 bits per heavy atom. The quantitative estimate of drug-likeness (QED) is 0.689. The molecule has 29 heavy (non-hydrogen) atoms. The van der Waals surface area contributed by atoms with Crippen molar-refractivity contribution in [2.24, 2.45) is 5.92 Å². The summed E-state index contributed by atoms with van der Waals surface area (Å²) in [6, 6.07) is 7.25. The van der Waals surface area contributed by atoms with Gasteiger partial charge in [0.25, 0.3) is 0 Å². The largest absolute Gasteiger partial charge is 0.492 e. The first kappa shape index (κ1) is 21.2. The highest BCUT2D eigenvalue weighted by atomic mass is 32.2. The van der Waals surface area contributed by atoms with E-state index in [4.69, 9.17) is 4.74 Å². The SMILES string of the molecule is CCOc1ccc(N2C(=O)[C@H](C)CS2(=O)=O)cc1S(=O)(=O)NCc1cccnc1. The summed E-state index contributed by atoms with van der Waals surface area (Å²) in [5.74, 6) is -1.55. The van der Waals surface area contributed by atoms with E-state index in [0.29, 0.717) is 9.87 Å². The van der Waals surface area contributed by atoms with Crippen LogP contribution in [0.2, 0.25) is 0 Å².